The molecule has 1 saturated heterocycles. The first kappa shape index (κ1) is 19.7. The average Bonchev–Trinajstić information content (AvgIpc) is 3.34. The number of likely N-dealkylation sites (tertiary alicyclic amines) is 1. The molecule has 6 nitrogen and oxygen atoms in total. The van der Waals surface area contributed by atoms with Crippen LogP contribution in [-0.2, 0) is 13.7 Å². The normalized spacial score (nSPS) is 16.9. The topological polar surface area (TPSA) is 44.4 Å². The van der Waals surface area contributed by atoms with Crippen molar-refractivity contribution in [1.82, 2.24) is 19.2 Å². The Hall–Kier alpha value is -2.64. The summed E-state index contributed by atoms with van der Waals surface area (Å²) in [6.07, 6.45) is 2.30. The van der Waals surface area contributed by atoms with Crippen LogP contribution in [0.5, 0.6) is 11.5 Å². The van der Waals surface area contributed by atoms with E-state index in [0.717, 1.165) is 35.9 Å². The first-order valence-corrected chi connectivity index (χ1v) is 10.2. The number of methoxy groups -OCH3 is 2. The van der Waals surface area contributed by atoms with E-state index in [0.29, 0.717) is 17.5 Å². The predicted octanol–water partition coefficient (Wildman–Crippen LogP) is 4.43. The Morgan fingerprint density at radius 2 is 1.83 bits per heavy atom. The van der Waals surface area contributed by atoms with Crippen LogP contribution in [0, 0.1) is 4.77 Å². The second-order valence-electron chi connectivity index (χ2n) is 7.28. The molecule has 3 aromatic rings. The van der Waals surface area contributed by atoms with Crippen molar-refractivity contribution in [3.63, 3.8) is 0 Å². The molecule has 1 fully saturated rings. The Morgan fingerprint density at radius 3 is 2.55 bits per heavy atom. The van der Waals surface area contributed by atoms with E-state index in [9.17, 15) is 0 Å². The first-order chi connectivity index (χ1) is 14.1. The maximum absolute atomic E-state index is 5.69. The summed E-state index contributed by atoms with van der Waals surface area (Å²) in [5, 5.41) is 4.83. The third-order valence-electron chi connectivity index (χ3n) is 5.55. The Morgan fingerprint density at radius 1 is 1.07 bits per heavy atom. The maximum Gasteiger partial charge on any atom is 0.199 e. The van der Waals surface area contributed by atoms with Crippen molar-refractivity contribution in [2.75, 3.05) is 20.8 Å². The summed E-state index contributed by atoms with van der Waals surface area (Å²) in [7, 11) is 5.33. The quantitative estimate of drug-likeness (QED) is 0.563. The highest BCUT2D eigenvalue weighted by molar-refractivity contribution is 7.71. The van der Waals surface area contributed by atoms with Crippen LogP contribution in [0.4, 0.5) is 0 Å². The molecular formula is C22H26N4O2S. The Labute approximate surface area is 176 Å². The summed E-state index contributed by atoms with van der Waals surface area (Å²) in [5.74, 6) is 2.53. The molecule has 1 unspecified atom stereocenters. The van der Waals surface area contributed by atoms with Crippen molar-refractivity contribution in [3.05, 3.63) is 58.9 Å². The van der Waals surface area contributed by atoms with Gasteiger partial charge < -0.3 is 14.0 Å². The SMILES string of the molecule is COc1ccc(C2CCCN2Cn2nc(-c3cccc(OC)c3)n(C)c2=S)cc1. The van der Waals surface area contributed by atoms with Crippen LogP contribution in [0.1, 0.15) is 24.4 Å². The molecule has 152 valence electrons. The third-order valence-corrected chi connectivity index (χ3v) is 6.03. The largest absolute Gasteiger partial charge is 0.497 e. The average molecular weight is 411 g/mol. The minimum absolute atomic E-state index is 0.366. The van der Waals surface area contributed by atoms with Crippen LogP contribution < -0.4 is 9.47 Å². The zero-order valence-electron chi connectivity index (χ0n) is 17.0. The van der Waals surface area contributed by atoms with Gasteiger partial charge in [-0.15, -0.1) is 0 Å². The number of benzene rings is 2. The summed E-state index contributed by atoms with van der Waals surface area (Å²) >= 11 is 5.69. The summed E-state index contributed by atoms with van der Waals surface area (Å²) in [4.78, 5) is 2.44. The number of rotatable bonds is 6. The van der Waals surface area contributed by atoms with E-state index in [2.05, 4.69) is 17.0 Å². The van der Waals surface area contributed by atoms with Gasteiger partial charge in [-0.2, -0.15) is 5.10 Å². The third kappa shape index (κ3) is 3.93. The number of aromatic nitrogens is 3. The highest BCUT2D eigenvalue weighted by Gasteiger charge is 2.27. The van der Waals surface area contributed by atoms with Crippen molar-refractivity contribution in [1.29, 1.82) is 0 Å². The first-order valence-electron chi connectivity index (χ1n) is 9.77. The number of ether oxygens (including phenoxy) is 2. The molecule has 1 aliphatic rings. The fraction of sp³-hybridized carbons (Fsp3) is 0.364. The molecule has 4 rings (SSSR count). The van der Waals surface area contributed by atoms with Crippen molar-refractivity contribution in [2.24, 2.45) is 7.05 Å². The van der Waals surface area contributed by atoms with Gasteiger partial charge >= 0.3 is 0 Å². The van der Waals surface area contributed by atoms with Crippen LogP contribution in [0.3, 0.4) is 0 Å². The van der Waals surface area contributed by atoms with Crippen LogP contribution in [0.15, 0.2) is 48.5 Å². The molecule has 1 atom stereocenters. The Balaban J connectivity index is 1.59. The van der Waals surface area contributed by atoms with Gasteiger partial charge in [0.15, 0.2) is 10.6 Å². The lowest BCUT2D eigenvalue weighted by Gasteiger charge is -2.24. The van der Waals surface area contributed by atoms with Gasteiger partial charge in [0.05, 0.1) is 20.9 Å². The van der Waals surface area contributed by atoms with Crippen LogP contribution in [0.2, 0.25) is 0 Å². The van der Waals surface area contributed by atoms with Crippen molar-refractivity contribution in [2.45, 2.75) is 25.6 Å². The molecule has 0 saturated carbocycles. The summed E-state index contributed by atoms with van der Waals surface area (Å²) < 4.78 is 15.2. The number of hydrogen-bond acceptors (Lipinski definition) is 5. The Bertz CT molecular complexity index is 1040. The second kappa shape index (κ2) is 8.39. The van der Waals surface area contributed by atoms with Crippen molar-refractivity contribution < 1.29 is 9.47 Å². The molecule has 0 amide bonds. The lowest BCUT2D eigenvalue weighted by atomic mass is 10.0. The summed E-state index contributed by atoms with van der Waals surface area (Å²) in [6.45, 7) is 1.71. The van der Waals surface area contributed by atoms with Gasteiger partial charge in [0.25, 0.3) is 0 Å². The van der Waals surface area contributed by atoms with Crippen LogP contribution in [-0.4, -0.2) is 40.0 Å². The van der Waals surface area contributed by atoms with Gasteiger partial charge in [0.2, 0.25) is 0 Å². The molecule has 0 spiro atoms. The van der Waals surface area contributed by atoms with E-state index in [4.69, 9.17) is 26.8 Å². The minimum atomic E-state index is 0.366. The molecule has 0 N–H and O–H groups in total. The fourth-order valence-electron chi connectivity index (χ4n) is 3.96. The molecule has 0 aliphatic carbocycles. The summed E-state index contributed by atoms with van der Waals surface area (Å²) in [6, 6.07) is 16.6. The molecule has 1 aromatic heterocycles. The number of nitrogens with zero attached hydrogens (tertiary/aromatic N) is 4. The van der Waals surface area contributed by atoms with E-state index in [1.807, 2.05) is 52.7 Å². The smallest absolute Gasteiger partial charge is 0.199 e. The van der Waals surface area contributed by atoms with Gasteiger partial charge in [0.1, 0.15) is 11.5 Å². The van der Waals surface area contributed by atoms with Crippen LogP contribution in [0.25, 0.3) is 11.4 Å². The van der Waals surface area contributed by atoms with Gasteiger partial charge in [-0.3, -0.25) is 4.90 Å². The zero-order chi connectivity index (χ0) is 20.4. The van der Waals surface area contributed by atoms with E-state index in [1.54, 1.807) is 14.2 Å². The van der Waals surface area contributed by atoms with E-state index >= 15 is 0 Å². The lowest BCUT2D eigenvalue weighted by molar-refractivity contribution is 0.190. The summed E-state index contributed by atoms with van der Waals surface area (Å²) in [5.41, 5.74) is 2.29. The molecule has 2 heterocycles. The molecule has 7 heteroatoms. The molecule has 29 heavy (non-hydrogen) atoms. The van der Waals surface area contributed by atoms with Gasteiger partial charge in [-0.1, -0.05) is 24.3 Å². The van der Waals surface area contributed by atoms with Gasteiger partial charge in [0, 0.05) is 25.2 Å². The highest BCUT2D eigenvalue weighted by Crippen LogP contribution is 2.33. The second-order valence-corrected chi connectivity index (χ2v) is 7.65. The van der Waals surface area contributed by atoms with Gasteiger partial charge in [-0.05, 0) is 54.9 Å². The lowest BCUT2D eigenvalue weighted by Crippen LogP contribution is -2.27. The van der Waals surface area contributed by atoms with Gasteiger partial charge in [-0.25, -0.2) is 4.68 Å². The fourth-order valence-corrected chi connectivity index (χ4v) is 4.15. The maximum atomic E-state index is 5.69. The molecule has 0 radical (unpaired) electrons. The minimum Gasteiger partial charge on any atom is -0.497 e. The highest BCUT2D eigenvalue weighted by atomic mass is 32.1. The predicted molar refractivity (Wildman–Crippen MR) is 116 cm³/mol. The van der Waals surface area contributed by atoms with Crippen molar-refractivity contribution in [3.8, 4) is 22.9 Å². The monoisotopic (exact) mass is 410 g/mol. The standard InChI is InChI=1S/C22H26N4O2S/c1-24-21(17-6-4-7-19(14-17)28-3)23-26(22(24)29)15-25-13-5-8-20(25)16-9-11-18(27-2)12-10-16/h4,6-7,9-12,14,20H,5,8,13,15H2,1-3H3. The van der Waals surface area contributed by atoms with E-state index in [-0.39, 0.29) is 0 Å². The van der Waals surface area contributed by atoms with E-state index in [1.165, 1.54) is 12.0 Å². The zero-order valence-corrected chi connectivity index (χ0v) is 17.9. The molecule has 1 aliphatic heterocycles. The molecular weight excluding hydrogens is 384 g/mol. The van der Waals surface area contributed by atoms with Crippen molar-refractivity contribution >= 4 is 12.2 Å². The van der Waals surface area contributed by atoms with Crippen LogP contribution >= 0.6 is 12.2 Å². The number of hydrogen-bond donors (Lipinski definition) is 0. The Kier molecular flexibility index (Phi) is 5.69. The molecule has 0 bridgehead atoms. The molecule has 2 aromatic carbocycles. The van der Waals surface area contributed by atoms with E-state index < -0.39 is 0 Å².